The van der Waals surface area contributed by atoms with Crippen LogP contribution in [0.5, 0.6) is 0 Å². The van der Waals surface area contributed by atoms with Crippen LogP contribution in [-0.4, -0.2) is 22.6 Å². The fraction of sp³-hybridized carbons (Fsp3) is 0.667. The largest absolute Gasteiger partial charge is 0.361 e. The number of fused-ring (bicyclic) bond motifs is 1. The zero-order valence-corrected chi connectivity index (χ0v) is 7.96. The number of H-pyrrole nitrogens is 1. The molecule has 1 aliphatic heterocycles. The third-order valence-electron chi connectivity index (χ3n) is 2.62. The minimum atomic E-state index is -0.208. The summed E-state index contributed by atoms with van der Waals surface area (Å²) in [4.78, 5) is 13.5. The van der Waals surface area contributed by atoms with Crippen LogP contribution < -0.4 is 5.63 Å². The zero-order valence-electron chi connectivity index (χ0n) is 7.96. The number of nitrogens with zero attached hydrogens (tertiary/aromatic N) is 1. The van der Waals surface area contributed by atoms with E-state index in [-0.39, 0.29) is 5.63 Å². The summed E-state index contributed by atoms with van der Waals surface area (Å²) in [5.41, 5.74) is 1.57. The van der Waals surface area contributed by atoms with Crippen molar-refractivity contribution in [2.45, 2.75) is 32.9 Å². The molecule has 0 radical (unpaired) electrons. The molecule has 0 saturated heterocycles. The summed E-state index contributed by atoms with van der Waals surface area (Å²) in [5.74, 6) is 0. The number of rotatable bonds is 1. The van der Waals surface area contributed by atoms with Crippen molar-refractivity contribution in [1.29, 1.82) is 0 Å². The summed E-state index contributed by atoms with van der Waals surface area (Å²) in [6.45, 7) is 6.00. The molecule has 2 rings (SSSR count). The Morgan fingerprint density at radius 1 is 1.54 bits per heavy atom. The summed E-state index contributed by atoms with van der Waals surface area (Å²) in [6, 6.07) is 0.488. The maximum absolute atomic E-state index is 11.2. The van der Waals surface area contributed by atoms with Crippen LogP contribution in [0.4, 0.5) is 0 Å². The summed E-state index contributed by atoms with van der Waals surface area (Å²) in [7, 11) is 0. The molecule has 1 N–H and O–H groups in total. The van der Waals surface area contributed by atoms with E-state index < -0.39 is 0 Å². The number of aromatic amines is 1. The second kappa shape index (κ2) is 3.03. The van der Waals surface area contributed by atoms with Crippen LogP contribution in [0, 0.1) is 0 Å². The minimum Gasteiger partial charge on any atom is -0.339 e. The van der Waals surface area contributed by atoms with Crippen LogP contribution >= 0.6 is 0 Å². The van der Waals surface area contributed by atoms with Gasteiger partial charge in [-0.2, -0.15) is 0 Å². The maximum Gasteiger partial charge on any atom is 0.361 e. The fourth-order valence-corrected chi connectivity index (χ4v) is 1.69. The second-order valence-corrected chi connectivity index (χ2v) is 3.76. The van der Waals surface area contributed by atoms with Gasteiger partial charge in [-0.05, 0) is 13.8 Å². The summed E-state index contributed by atoms with van der Waals surface area (Å²) >= 11 is 0. The van der Waals surface area contributed by atoms with Crippen molar-refractivity contribution in [3.63, 3.8) is 0 Å². The SMILES string of the molecule is CC(C)N1CCc2[nH]oc(=O)c2C1. The number of hydrogen-bond acceptors (Lipinski definition) is 3. The van der Waals surface area contributed by atoms with Crippen LogP contribution in [0.25, 0.3) is 0 Å². The number of aromatic nitrogens is 1. The van der Waals surface area contributed by atoms with Crippen LogP contribution in [-0.2, 0) is 13.0 Å². The van der Waals surface area contributed by atoms with E-state index in [9.17, 15) is 4.79 Å². The molecule has 0 unspecified atom stereocenters. The van der Waals surface area contributed by atoms with Gasteiger partial charge in [-0.15, -0.1) is 0 Å². The van der Waals surface area contributed by atoms with Crippen molar-refractivity contribution in [3.8, 4) is 0 Å². The van der Waals surface area contributed by atoms with Gasteiger partial charge in [-0.3, -0.25) is 4.90 Å². The lowest BCUT2D eigenvalue weighted by atomic mass is 10.1. The molecule has 4 heteroatoms. The highest BCUT2D eigenvalue weighted by atomic mass is 16.5. The van der Waals surface area contributed by atoms with Crippen molar-refractivity contribution in [3.05, 3.63) is 21.7 Å². The molecule has 13 heavy (non-hydrogen) atoms. The van der Waals surface area contributed by atoms with Crippen LogP contribution in [0.15, 0.2) is 9.32 Å². The van der Waals surface area contributed by atoms with Crippen molar-refractivity contribution in [2.24, 2.45) is 0 Å². The van der Waals surface area contributed by atoms with Crippen molar-refractivity contribution >= 4 is 0 Å². The van der Waals surface area contributed by atoms with E-state index in [1.807, 2.05) is 0 Å². The summed E-state index contributed by atoms with van der Waals surface area (Å²) in [5, 5.41) is 2.67. The van der Waals surface area contributed by atoms with Crippen molar-refractivity contribution in [1.82, 2.24) is 10.1 Å². The highest BCUT2D eigenvalue weighted by molar-refractivity contribution is 5.17. The molecule has 0 aliphatic carbocycles. The molecule has 72 valence electrons. The van der Waals surface area contributed by atoms with E-state index in [4.69, 9.17) is 4.52 Å². The fourth-order valence-electron chi connectivity index (χ4n) is 1.69. The molecule has 0 aromatic carbocycles. The average Bonchev–Trinajstić information content (AvgIpc) is 2.47. The first-order valence-electron chi connectivity index (χ1n) is 4.61. The molecule has 0 spiro atoms. The Balaban J connectivity index is 2.28. The molecule has 0 fully saturated rings. The summed E-state index contributed by atoms with van der Waals surface area (Å²) < 4.78 is 4.74. The van der Waals surface area contributed by atoms with Gasteiger partial charge in [-0.1, -0.05) is 0 Å². The highest BCUT2D eigenvalue weighted by Gasteiger charge is 2.22. The zero-order chi connectivity index (χ0) is 9.42. The normalized spacial score (nSPS) is 17.8. The van der Waals surface area contributed by atoms with E-state index >= 15 is 0 Å². The molecule has 0 saturated carbocycles. The van der Waals surface area contributed by atoms with Crippen molar-refractivity contribution in [2.75, 3.05) is 6.54 Å². The Kier molecular flexibility index (Phi) is 2.00. The first-order valence-corrected chi connectivity index (χ1v) is 4.61. The van der Waals surface area contributed by atoms with Crippen molar-refractivity contribution < 1.29 is 4.52 Å². The lowest BCUT2D eigenvalue weighted by Crippen LogP contribution is -2.37. The Hall–Kier alpha value is -1.03. The van der Waals surface area contributed by atoms with Gasteiger partial charge in [0.25, 0.3) is 0 Å². The number of hydrogen-bond donors (Lipinski definition) is 1. The van der Waals surface area contributed by atoms with E-state index in [1.54, 1.807) is 0 Å². The van der Waals surface area contributed by atoms with E-state index in [2.05, 4.69) is 23.9 Å². The Labute approximate surface area is 76.5 Å². The quantitative estimate of drug-likeness (QED) is 0.696. The summed E-state index contributed by atoms with van der Waals surface area (Å²) in [6.07, 6.45) is 0.888. The molecule has 1 aromatic heterocycles. The molecule has 2 heterocycles. The standard InChI is InChI=1S/C9H14N2O2/c1-6(2)11-4-3-8-7(5-11)9(12)13-10-8/h6,10H,3-5H2,1-2H3. The topological polar surface area (TPSA) is 49.2 Å². The van der Waals surface area contributed by atoms with E-state index in [0.717, 1.165) is 30.8 Å². The predicted molar refractivity (Wildman–Crippen MR) is 48.6 cm³/mol. The second-order valence-electron chi connectivity index (χ2n) is 3.76. The van der Waals surface area contributed by atoms with Crippen LogP contribution in [0.1, 0.15) is 25.1 Å². The Morgan fingerprint density at radius 3 is 3.00 bits per heavy atom. The number of nitrogens with one attached hydrogen (secondary N) is 1. The predicted octanol–water partition coefficient (Wildman–Crippen LogP) is 0.734. The Morgan fingerprint density at radius 2 is 2.31 bits per heavy atom. The lowest BCUT2D eigenvalue weighted by Gasteiger charge is -2.28. The maximum atomic E-state index is 11.2. The first kappa shape index (κ1) is 8.56. The minimum absolute atomic E-state index is 0.208. The molecule has 0 amide bonds. The molecule has 1 aromatic rings. The van der Waals surface area contributed by atoms with Gasteiger partial charge in [0.15, 0.2) is 0 Å². The molecular formula is C9H14N2O2. The van der Waals surface area contributed by atoms with E-state index in [1.165, 1.54) is 0 Å². The average molecular weight is 182 g/mol. The van der Waals surface area contributed by atoms with Gasteiger partial charge in [0.05, 0.1) is 11.3 Å². The lowest BCUT2D eigenvalue weighted by molar-refractivity contribution is 0.202. The van der Waals surface area contributed by atoms with Gasteiger partial charge < -0.3 is 4.52 Å². The first-order chi connectivity index (χ1) is 6.18. The van der Waals surface area contributed by atoms with Gasteiger partial charge >= 0.3 is 5.63 Å². The van der Waals surface area contributed by atoms with Gasteiger partial charge in [-0.25, -0.2) is 9.95 Å². The molecule has 0 atom stereocenters. The van der Waals surface area contributed by atoms with Crippen LogP contribution in [0.3, 0.4) is 0 Å². The molecular weight excluding hydrogens is 168 g/mol. The third-order valence-corrected chi connectivity index (χ3v) is 2.62. The Bertz CT molecular complexity index is 351. The monoisotopic (exact) mass is 182 g/mol. The van der Waals surface area contributed by atoms with E-state index in [0.29, 0.717) is 6.04 Å². The van der Waals surface area contributed by atoms with Gasteiger partial charge in [0, 0.05) is 25.6 Å². The van der Waals surface area contributed by atoms with Gasteiger partial charge in [0.1, 0.15) is 0 Å². The smallest absolute Gasteiger partial charge is 0.339 e. The van der Waals surface area contributed by atoms with Crippen LogP contribution in [0.2, 0.25) is 0 Å². The molecule has 4 nitrogen and oxygen atoms in total. The molecule has 1 aliphatic rings. The third kappa shape index (κ3) is 1.42. The molecule has 0 bridgehead atoms. The highest BCUT2D eigenvalue weighted by Crippen LogP contribution is 2.15. The van der Waals surface area contributed by atoms with Gasteiger partial charge in [0.2, 0.25) is 0 Å².